The molecule has 1 aliphatic rings. The predicted molar refractivity (Wildman–Crippen MR) is 83.7 cm³/mol. The fraction of sp³-hybridized carbons (Fsp3) is 0.647. The van der Waals surface area contributed by atoms with E-state index in [0.717, 1.165) is 19.0 Å². The molecule has 106 valence electrons. The van der Waals surface area contributed by atoms with Gasteiger partial charge in [0, 0.05) is 18.8 Å². The first-order valence-electron chi connectivity index (χ1n) is 7.64. The Labute approximate surface area is 118 Å². The lowest BCUT2D eigenvalue weighted by atomic mass is 9.74. The summed E-state index contributed by atoms with van der Waals surface area (Å²) in [6, 6.07) is 10.8. The molecular formula is C17H28N2. The fourth-order valence-corrected chi connectivity index (χ4v) is 3.16. The average Bonchev–Trinajstić information content (AvgIpc) is 2.47. The molecule has 1 heterocycles. The summed E-state index contributed by atoms with van der Waals surface area (Å²) in [7, 11) is 0. The van der Waals surface area contributed by atoms with E-state index in [1.165, 1.54) is 31.6 Å². The highest BCUT2D eigenvalue weighted by Crippen LogP contribution is 2.33. The van der Waals surface area contributed by atoms with Gasteiger partial charge in [-0.3, -0.25) is 0 Å². The molecule has 0 bridgehead atoms. The molecule has 0 amide bonds. The highest BCUT2D eigenvalue weighted by Gasteiger charge is 2.32. The number of benzene rings is 1. The molecule has 0 radical (unpaired) electrons. The van der Waals surface area contributed by atoms with Crippen molar-refractivity contribution >= 4 is 5.69 Å². The van der Waals surface area contributed by atoms with Crippen LogP contribution in [-0.2, 0) is 0 Å². The van der Waals surface area contributed by atoms with Gasteiger partial charge in [-0.05, 0) is 56.3 Å². The second-order valence-corrected chi connectivity index (χ2v) is 6.38. The normalized spacial score (nSPS) is 20.3. The molecule has 0 spiro atoms. The Hall–Kier alpha value is -1.02. The summed E-state index contributed by atoms with van der Waals surface area (Å²) >= 11 is 0. The molecule has 2 heteroatoms. The van der Waals surface area contributed by atoms with E-state index in [2.05, 4.69) is 61.3 Å². The molecule has 1 atom stereocenters. The van der Waals surface area contributed by atoms with E-state index in [0.29, 0.717) is 5.41 Å². The zero-order chi connectivity index (χ0) is 13.7. The second kappa shape index (κ2) is 6.42. The first kappa shape index (κ1) is 14.4. The van der Waals surface area contributed by atoms with Crippen molar-refractivity contribution in [2.75, 3.05) is 31.1 Å². The number of nitrogens with one attached hydrogen (secondary N) is 1. The van der Waals surface area contributed by atoms with E-state index in [4.69, 9.17) is 0 Å². The van der Waals surface area contributed by atoms with Crippen LogP contribution in [0.1, 0.15) is 33.6 Å². The standard InChI is InChI=1S/C17H28N2/c1-4-19(16-10-6-5-7-11-16)14-17(2,3)15-9-8-12-18-13-15/h5-7,10-11,15,18H,4,8-9,12-14H2,1-3H3. The van der Waals surface area contributed by atoms with E-state index in [1.807, 2.05) is 0 Å². The Balaban J connectivity index is 2.04. The molecule has 0 aliphatic carbocycles. The van der Waals surface area contributed by atoms with Crippen molar-refractivity contribution in [3.63, 3.8) is 0 Å². The zero-order valence-corrected chi connectivity index (χ0v) is 12.7. The van der Waals surface area contributed by atoms with Crippen LogP contribution in [0.2, 0.25) is 0 Å². The molecule has 1 aromatic rings. The van der Waals surface area contributed by atoms with Gasteiger partial charge in [-0.1, -0.05) is 32.0 Å². The van der Waals surface area contributed by atoms with Gasteiger partial charge >= 0.3 is 0 Å². The SMILES string of the molecule is CCN(CC(C)(C)C1CCCNC1)c1ccccc1. The summed E-state index contributed by atoms with van der Waals surface area (Å²) < 4.78 is 0. The third-order valence-corrected chi connectivity index (χ3v) is 4.50. The van der Waals surface area contributed by atoms with E-state index in [1.54, 1.807) is 0 Å². The van der Waals surface area contributed by atoms with Crippen molar-refractivity contribution in [2.45, 2.75) is 33.6 Å². The number of para-hydroxylation sites is 1. The Morgan fingerprint density at radius 3 is 2.58 bits per heavy atom. The lowest BCUT2D eigenvalue weighted by Gasteiger charge is -2.41. The molecule has 1 aliphatic heterocycles. The van der Waals surface area contributed by atoms with Crippen LogP contribution in [0.3, 0.4) is 0 Å². The molecule has 2 rings (SSSR count). The quantitative estimate of drug-likeness (QED) is 0.871. The van der Waals surface area contributed by atoms with Crippen molar-refractivity contribution in [3.05, 3.63) is 30.3 Å². The lowest BCUT2D eigenvalue weighted by Crippen LogP contribution is -2.44. The van der Waals surface area contributed by atoms with Crippen LogP contribution in [0.15, 0.2) is 30.3 Å². The topological polar surface area (TPSA) is 15.3 Å². The lowest BCUT2D eigenvalue weighted by molar-refractivity contribution is 0.176. The van der Waals surface area contributed by atoms with E-state index in [-0.39, 0.29) is 0 Å². The van der Waals surface area contributed by atoms with E-state index in [9.17, 15) is 0 Å². The van der Waals surface area contributed by atoms with Gasteiger partial charge in [0.15, 0.2) is 0 Å². The van der Waals surface area contributed by atoms with Crippen molar-refractivity contribution in [1.82, 2.24) is 5.32 Å². The molecule has 1 unspecified atom stereocenters. The molecule has 2 nitrogen and oxygen atoms in total. The minimum absolute atomic E-state index is 0.360. The maximum Gasteiger partial charge on any atom is 0.0366 e. The van der Waals surface area contributed by atoms with Gasteiger partial charge in [-0.25, -0.2) is 0 Å². The van der Waals surface area contributed by atoms with Crippen LogP contribution < -0.4 is 10.2 Å². The largest absolute Gasteiger partial charge is 0.371 e. The maximum absolute atomic E-state index is 3.55. The third-order valence-electron chi connectivity index (χ3n) is 4.50. The van der Waals surface area contributed by atoms with Crippen molar-refractivity contribution in [3.8, 4) is 0 Å². The Bertz CT molecular complexity index is 366. The molecule has 1 aromatic carbocycles. The van der Waals surface area contributed by atoms with Gasteiger partial charge in [0.25, 0.3) is 0 Å². The number of anilines is 1. The minimum Gasteiger partial charge on any atom is -0.371 e. The summed E-state index contributed by atoms with van der Waals surface area (Å²) in [5, 5.41) is 3.55. The summed E-state index contributed by atoms with van der Waals surface area (Å²) in [6.07, 6.45) is 2.69. The first-order chi connectivity index (χ1) is 9.13. The van der Waals surface area contributed by atoms with Crippen LogP contribution in [0.4, 0.5) is 5.69 Å². The molecule has 19 heavy (non-hydrogen) atoms. The summed E-state index contributed by atoms with van der Waals surface area (Å²) in [5.41, 5.74) is 1.71. The highest BCUT2D eigenvalue weighted by molar-refractivity contribution is 5.46. The smallest absolute Gasteiger partial charge is 0.0366 e. The molecule has 1 saturated heterocycles. The minimum atomic E-state index is 0.360. The number of hydrogen-bond donors (Lipinski definition) is 1. The van der Waals surface area contributed by atoms with E-state index >= 15 is 0 Å². The molecule has 1 N–H and O–H groups in total. The van der Waals surface area contributed by atoms with Gasteiger partial charge in [0.05, 0.1) is 0 Å². The highest BCUT2D eigenvalue weighted by atomic mass is 15.1. The van der Waals surface area contributed by atoms with Gasteiger partial charge in [-0.15, -0.1) is 0 Å². The van der Waals surface area contributed by atoms with Gasteiger partial charge in [0.2, 0.25) is 0 Å². The Morgan fingerprint density at radius 2 is 2.00 bits per heavy atom. The average molecular weight is 260 g/mol. The van der Waals surface area contributed by atoms with Crippen molar-refractivity contribution in [2.24, 2.45) is 11.3 Å². The fourth-order valence-electron chi connectivity index (χ4n) is 3.16. The second-order valence-electron chi connectivity index (χ2n) is 6.38. The van der Waals surface area contributed by atoms with Crippen LogP contribution >= 0.6 is 0 Å². The summed E-state index contributed by atoms with van der Waals surface area (Å²) in [5.74, 6) is 0.791. The van der Waals surface area contributed by atoms with Gasteiger partial charge < -0.3 is 10.2 Å². The molecule has 1 fully saturated rings. The molecule has 0 aromatic heterocycles. The van der Waals surface area contributed by atoms with Crippen LogP contribution in [0.25, 0.3) is 0 Å². The zero-order valence-electron chi connectivity index (χ0n) is 12.7. The third kappa shape index (κ3) is 3.73. The summed E-state index contributed by atoms with van der Waals surface area (Å²) in [4.78, 5) is 2.51. The van der Waals surface area contributed by atoms with Crippen LogP contribution in [0.5, 0.6) is 0 Å². The number of rotatable bonds is 5. The molecule has 0 saturated carbocycles. The Kier molecular flexibility index (Phi) is 4.87. The predicted octanol–water partition coefficient (Wildman–Crippen LogP) is 3.54. The monoisotopic (exact) mass is 260 g/mol. The van der Waals surface area contributed by atoms with Crippen molar-refractivity contribution < 1.29 is 0 Å². The number of piperidine rings is 1. The van der Waals surface area contributed by atoms with Crippen LogP contribution in [0, 0.1) is 11.3 Å². The molecular weight excluding hydrogens is 232 g/mol. The van der Waals surface area contributed by atoms with Crippen LogP contribution in [-0.4, -0.2) is 26.2 Å². The Morgan fingerprint density at radius 1 is 1.26 bits per heavy atom. The number of hydrogen-bond acceptors (Lipinski definition) is 2. The summed E-state index contributed by atoms with van der Waals surface area (Å²) in [6.45, 7) is 11.7. The van der Waals surface area contributed by atoms with Gasteiger partial charge in [-0.2, -0.15) is 0 Å². The van der Waals surface area contributed by atoms with E-state index < -0.39 is 0 Å². The first-order valence-corrected chi connectivity index (χ1v) is 7.64. The maximum atomic E-state index is 3.55. The van der Waals surface area contributed by atoms with Crippen molar-refractivity contribution in [1.29, 1.82) is 0 Å². The number of nitrogens with zero attached hydrogens (tertiary/aromatic N) is 1. The van der Waals surface area contributed by atoms with Gasteiger partial charge in [0.1, 0.15) is 0 Å².